The van der Waals surface area contributed by atoms with Gasteiger partial charge in [-0.2, -0.15) is 5.10 Å². The van der Waals surface area contributed by atoms with Gasteiger partial charge in [-0.3, -0.25) is 14.8 Å². The summed E-state index contributed by atoms with van der Waals surface area (Å²) in [5, 5.41) is 6.27. The highest BCUT2D eigenvalue weighted by molar-refractivity contribution is 7.92. The van der Waals surface area contributed by atoms with Gasteiger partial charge in [0.2, 0.25) is 0 Å². The van der Waals surface area contributed by atoms with E-state index in [0.717, 1.165) is 5.56 Å². The van der Waals surface area contributed by atoms with E-state index in [9.17, 15) is 8.42 Å². The number of rotatable bonds is 3. The standard InChI is InChI=1S/C10H12N4O2S/c1-7-3-9(5-11-4-7)14-17(15,16)10-6-12-13-8(10)2/h3-6,14H,1-2H3,(H,12,13). The molecule has 0 spiro atoms. The number of H-pyrrole nitrogens is 1. The molecule has 2 heterocycles. The first-order valence-electron chi connectivity index (χ1n) is 4.93. The first-order chi connectivity index (χ1) is 7.99. The molecule has 0 saturated carbocycles. The zero-order valence-electron chi connectivity index (χ0n) is 9.43. The molecule has 0 aliphatic carbocycles. The van der Waals surface area contributed by atoms with E-state index in [-0.39, 0.29) is 4.90 Å². The normalized spacial score (nSPS) is 11.4. The second-order valence-electron chi connectivity index (χ2n) is 3.72. The Labute approximate surface area is 99.1 Å². The van der Waals surface area contributed by atoms with E-state index in [1.165, 1.54) is 12.4 Å². The van der Waals surface area contributed by atoms with Crippen molar-refractivity contribution in [1.82, 2.24) is 15.2 Å². The van der Waals surface area contributed by atoms with Crippen molar-refractivity contribution in [2.24, 2.45) is 0 Å². The van der Waals surface area contributed by atoms with Crippen LogP contribution in [0.25, 0.3) is 0 Å². The summed E-state index contributed by atoms with van der Waals surface area (Å²) < 4.78 is 26.4. The number of aromatic nitrogens is 3. The van der Waals surface area contributed by atoms with Crippen molar-refractivity contribution < 1.29 is 8.42 Å². The molecule has 90 valence electrons. The Hall–Kier alpha value is -1.89. The van der Waals surface area contributed by atoms with Crippen LogP contribution in [0.4, 0.5) is 5.69 Å². The van der Waals surface area contributed by atoms with E-state index < -0.39 is 10.0 Å². The van der Waals surface area contributed by atoms with Crippen LogP contribution in [0, 0.1) is 13.8 Å². The molecule has 0 bridgehead atoms. The maximum Gasteiger partial charge on any atom is 0.265 e. The van der Waals surface area contributed by atoms with Crippen LogP contribution in [0.15, 0.2) is 29.6 Å². The van der Waals surface area contributed by atoms with Crippen molar-refractivity contribution in [3.8, 4) is 0 Å². The van der Waals surface area contributed by atoms with Crippen molar-refractivity contribution in [1.29, 1.82) is 0 Å². The van der Waals surface area contributed by atoms with E-state index in [2.05, 4.69) is 19.9 Å². The van der Waals surface area contributed by atoms with Gasteiger partial charge in [-0.1, -0.05) is 0 Å². The zero-order chi connectivity index (χ0) is 12.5. The summed E-state index contributed by atoms with van der Waals surface area (Å²) in [5.74, 6) is 0. The molecule has 0 amide bonds. The number of hydrogen-bond acceptors (Lipinski definition) is 4. The minimum absolute atomic E-state index is 0.138. The van der Waals surface area contributed by atoms with Crippen molar-refractivity contribution in [3.63, 3.8) is 0 Å². The Balaban J connectivity index is 2.33. The summed E-state index contributed by atoms with van der Waals surface area (Å²) in [6, 6.07) is 1.71. The Morgan fingerprint density at radius 2 is 2.00 bits per heavy atom. The monoisotopic (exact) mass is 252 g/mol. The largest absolute Gasteiger partial charge is 0.281 e. The molecule has 0 atom stereocenters. The number of anilines is 1. The Morgan fingerprint density at radius 1 is 1.24 bits per heavy atom. The van der Waals surface area contributed by atoms with Gasteiger partial charge in [0.25, 0.3) is 10.0 Å². The van der Waals surface area contributed by atoms with Gasteiger partial charge in [0, 0.05) is 6.20 Å². The second-order valence-corrected chi connectivity index (χ2v) is 5.37. The number of sulfonamides is 1. The van der Waals surface area contributed by atoms with Crippen molar-refractivity contribution in [2.45, 2.75) is 18.7 Å². The van der Waals surface area contributed by atoms with Gasteiger partial charge in [0.05, 0.1) is 23.8 Å². The van der Waals surface area contributed by atoms with Crippen molar-refractivity contribution in [2.75, 3.05) is 4.72 Å². The molecule has 2 rings (SSSR count). The average molecular weight is 252 g/mol. The lowest BCUT2D eigenvalue weighted by atomic mass is 10.3. The maximum absolute atomic E-state index is 12.0. The van der Waals surface area contributed by atoms with Crippen LogP contribution in [0.5, 0.6) is 0 Å². The van der Waals surface area contributed by atoms with Crippen LogP contribution < -0.4 is 4.72 Å². The molecule has 0 fully saturated rings. The molecular formula is C10H12N4O2S. The fraction of sp³-hybridized carbons (Fsp3) is 0.200. The van der Waals surface area contributed by atoms with Gasteiger partial charge in [0.15, 0.2) is 0 Å². The number of aromatic amines is 1. The van der Waals surface area contributed by atoms with Gasteiger partial charge in [-0.05, 0) is 25.5 Å². The third-order valence-electron chi connectivity index (χ3n) is 2.20. The second kappa shape index (κ2) is 4.17. The lowest BCUT2D eigenvalue weighted by Gasteiger charge is -2.06. The van der Waals surface area contributed by atoms with Gasteiger partial charge in [-0.15, -0.1) is 0 Å². The van der Waals surface area contributed by atoms with Crippen LogP contribution in [-0.2, 0) is 10.0 Å². The molecule has 17 heavy (non-hydrogen) atoms. The van der Waals surface area contributed by atoms with Gasteiger partial charge in [0.1, 0.15) is 4.90 Å². The smallest absolute Gasteiger partial charge is 0.265 e. The molecule has 0 aromatic carbocycles. The van der Waals surface area contributed by atoms with Gasteiger partial charge in [-0.25, -0.2) is 8.42 Å². The first-order valence-corrected chi connectivity index (χ1v) is 6.42. The Bertz CT molecular complexity index is 633. The highest BCUT2D eigenvalue weighted by Crippen LogP contribution is 2.17. The first kappa shape index (κ1) is 11.6. The van der Waals surface area contributed by atoms with Crippen LogP contribution in [0.1, 0.15) is 11.3 Å². The van der Waals surface area contributed by atoms with E-state index in [0.29, 0.717) is 11.4 Å². The number of aryl methyl sites for hydroxylation is 2. The van der Waals surface area contributed by atoms with Gasteiger partial charge < -0.3 is 0 Å². The van der Waals surface area contributed by atoms with Crippen molar-refractivity contribution >= 4 is 15.7 Å². The maximum atomic E-state index is 12.0. The molecule has 0 unspecified atom stereocenters. The summed E-state index contributed by atoms with van der Waals surface area (Å²) in [7, 11) is -3.60. The third-order valence-corrected chi connectivity index (χ3v) is 3.70. The van der Waals surface area contributed by atoms with Crippen LogP contribution in [0.2, 0.25) is 0 Å². The Kier molecular flexibility index (Phi) is 2.84. The molecule has 6 nitrogen and oxygen atoms in total. The van der Waals surface area contributed by atoms with Crippen molar-refractivity contribution in [3.05, 3.63) is 35.9 Å². The van der Waals surface area contributed by atoms with E-state index >= 15 is 0 Å². The van der Waals surface area contributed by atoms with Crippen LogP contribution >= 0.6 is 0 Å². The summed E-state index contributed by atoms with van der Waals surface area (Å²) in [6.07, 6.45) is 4.39. The highest BCUT2D eigenvalue weighted by Gasteiger charge is 2.18. The molecular weight excluding hydrogens is 240 g/mol. The summed E-state index contributed by atoms with van der Waals surface area (Å²) in [4.78, 5) is 4.06. The summed E-state index contributed by atoms with van der Waals surface area (Å²) >= 11 is 0. The fourth-order valence-corrected chi connectivity index (χ4v) is 2.60. The predicted octanol–water partition coefficient (Wildman–Crippen LogP) is 1.22. The summed E-state index contributed by atoms with van der Waals surface area (Å²) in [5.41, 5.74) is 1.82. The molecule has 0 radical (unpaired) electrons. The summed E-state index contributed by atoms with van der Waals surface area (Å²) in [6.45, 7) is 3.49. The fourth-order valence-electron chi connectivity index (χ4n) is 1.43. The number of pyridine rings is 1. The predicted molar refractivity (Wildman–Crippen MR) is 63.1 cm³/mol. The molecule has 0 aliphatic rings. The molecule has 2 aromatic rings. The van der Waals surface area contributed by atoms with E-state index in [4.69, 9.17) is 0 Å². The van der Waals surface area contributed by atoms with Crippen LogP contribution in [0.3, 0.4) is 0 Å². The third kappa shape index (κ3) is 2.44. The molecule has 2 N–H and O–H groups in total. The van der Waals surface area contributed by atoms with Gasteiger partial charge >= 0.3 is 0 Å². The van der Waals surface area contributed by atoms with E-state index in [1.807, 2.05) is 6.92 Å². The highest BCUT2D eigenvalue weighted by atomic mass is 32.2. The lowest BCUT2D eigenvalue weighted by Crippen LogP contribution is -2.13. The molecule has 2 aromatic heterocycles. The van der Waals surface area contributed by atoms with Crippen LogP contribution in [-0.4, -0.2) is 23.6 Å². The molecule has 0 aliphatic heterocycles. The lowest BCUT2D eigenvalue weighted by molar-refractivity contribution is 0.600. The molecule has 7 heteroatoms. The zero-order valence-corrected chi connectivity index (χ0v) is 10.2. The average Bonchev–Trinajstić information content (AvgIpc) is 2.64. The number of hydrogen-bond donors (Lipinski definition) is 2. The minimum Gasteiger partial charge on any atom is -0.281 e. The topological polar surface area (TPSA) is 87.7 Å². The quantitative estimate of drug-likeness (QED) is 0.859. The Morgan fingerprint density at radius 3 is 2.59 bits per heavy atom. The number of nitrogens with zero attached hydrogens (tertiary/aromatic N) is 2. The number of nitrogens with one attached hydrogen (secondary N) is 2. The minimum atomic E-state index is -3.60. The SMILES string of the molecule is Cc1cncc(NS(=O)(=O)c2cn[nH]c2C)c1. The molecule has 0 saturated heterocycles. The van der Waals surface area contributed by atoms with E-state index in [1.54, 1.807) is 19.2 Å².